The molecule has 204 valence electrons. The Morgan fingerprint density at radius 3 is 2.64 bits per heavy atom. The van der Waals surface area contributed by atoms with Gasteiger partial charge in [-0.25, -0.2) is 4.79 Å². The van der Waals surface area contributed by atoms with Crippen LogP contribution in [0.2, 0.25) is 0 Å². The van der Waals surface area contributed by atoms with Crippen LogP contribution in [0.25, 0.3) is 0 Å². The molecule has 0 radical (unpaired) electrons. The average molecular weight is 534 g/mol. The Labute approximate surface area is 226 Å². The number of hydrogen-bond donors (Lipinski definition) is 4. The van der Waals surface area contributed by atoms with Crippen molar-refractivity contribution in [2.45, 2.75) is 20.0 Å². The SMILES string of the molecule is CC(C)(/C=C/C(=O)Nc1ccccc1N)[C@@H](OC(=O)Nc1ccc2c(c1)OCO2)c1cccc(OCCO)c1. The van der Waals surface area contributed by atoms with Gasteiger partial charge >= 0.3 is 6.09 Å². The minimum Gasteiger partial charge on any atom is -0.491 e. The van der Waals surface area contributed by atoms with Crippen LogP contribution in [0.15, 0.2) is 78.9 Å². The number of anilines is 3. The number of benzene rings is 3. The molecule has 4 rings (SSSR count). The second-order valence-electron chi connectivity index (χ2n) is 9.35. The first-order chi connectivity index (χ1) is 18.7. The molecule has 0 fully saturated rings. The van der Waals surface area contributed by atoms with Gasteiger partial charge in [0.2, 0.25) is 12.7 Å². The number of nitrogen functional groups attached to an aromatic ring is 1. The molecule has 10 nitrogen and oxygen atoms in total. The molecule has 1 heterocycles. The third-order valence-electron chi connectivity index (χ3n) is 5.92. The van der Waals surface area contributed by atoms with Crippen molar-refractivity contribution >= 4 is 29.1 Å². The number of aliphatic hydroxyl groups excluding tert-OH is 1. The predicted octanol–water partition coefficient (Wildman–Crippen LogP) is 4.88. The van der Waals surface area contributed by atoms with Gasteiger partial charge in [-0.15, -0.1) is 0 Å². The summed E-state index contributed by atoms with van der Waals surface area (Å²) in [5, 5.41) is 14.6. The molecule has 1 atom stereocenters. The van der Waals surface area contributed by atoms with Crippen LogP contribution < -0.4 is 30.6 Å². The van der Waals surface area contributed by atoms with Crippen LogP contribution in [-0.4, -0.2) is 37.1 Å². The molecule has 3 aromatic rings. The van der Waals surface area contributed by atoms with Crippen molar-refractivity contribution in [3.63, 3.8) is 0 Å². The number of aliphatic hydroxyl groups is 1. The van der Waals surface area contributed by atoms with E-state index in [1.54, 1.807) is 72.8 Å². The Bertz CT molecular complexity index is 1360. The maximum Gasteiger partial charge on any atom is 0.412 e. The van der Waals surface area contributed by atoms with E-state index in [0.29, 0.717) is 39.9 Å². The topological polar surface area (TPSA) is 141 Å². The molecule has 1 aliphatic heterocycles. The maximum atomic E-state index is 13.0. The highest BCUT2D eigenvalue weighted by Gasteiger charge is 2.33. The number of amides is 2. The fraction of sp³-hybridized carbons (Fsp3) is 0.241. The van der Waals surface area contributed by atoms with E-state index in [1.165, 1.54) is 6.08 Å². The molecule has 0 aliphatic carbocycles. The molecule has 0 aromatic heterocycles. The summed E-state index contributed by atoms with van der Waals surface area (Å²) in [7, 11) is 0. The largest absolute Gasteiger partial charge is 0.491 e. The van der Waals surface area contributed by atoms with Gasteiger partial charge in [0.05, 0.1) is 18.0 Å². The van der Waals surface area contributed by atoms with E-state index in [1.807, 2.05) is 13.8 Å². The third kappa shape index (κ3) is 7.20. The van der Waals surface area contributed by atoms with Gasteiger partial charge < -0.3 is 35.1 Å². The van der Waals surface area contributed by atoms with Crippen LogP contribution in [0.1, 0.15) is 25.5 Å². The Morgan fingerprint density at radius 1 is 1.05 bits per heavy atom. The van der Waals surface area contributed by atoms with E-state index >= 15 is 0 Å². The summed E-state index contributed by atoms with van der Waals surface area (Å²) in [6.45, 7) is 3.77. The molecule has 0 saturated heterocycles. The van der Waals surface area contributed by atoms with E-state index in [9.17, 15) is 9.59 Å². The van der Waals surface area contributed by atoms with Crippen LogP contribution in [0.5, 0.6) is 17.2 Å². The van der Waals surface area contributed by atoms with Crippen molar-refractivity contribution < 1.29 is 33.6 Å². The monoisotopic (exact) mass is 533 g/mol. The highest BCUT2D eigenvalue weighted by molar-refractivity contribution is 6.01. The lowest BCUT2D eigenvalue weighted by Crippen LogP contribution is -2.28. The van der Waals surface area contributed by atoms with Gasteiger partial charge in [0.1, 0.15) is 18.5 Å². The molecule has 10 heteroatoms. The average Bonchev–Trinajstić information content (AvgIpc) is 3.39. The first-order valence-corrected chi connectivity index (χ1v) is 12.3. The highest BCUT2D eigenvalue weighted by Crippen LogP contribution is 2.40. The van der Waals surface area contributed by atoms with Gasteiger partial charge in [-0.05, 0) is 48.0 Å². The van der Waals surface area contributed by atoms with Crippen molar-refractivity contribution in [3.8, 4) is 17.2 Å². The normalized spacial score (nSPS) is 13.1. The summed E-state index contributed by atoms with van der Waals surface area (Å²) in [4.78, 5) is 25.7. The van der Waals surface area contributed by atoms with Crippen LogP contribution >= 0.6 is 0 Å². The van der Waals surface area contributed by atoms with Crippen LogP contribution in [0.4, 0.5) is 21.9 Å². The fourth-order valence-corrected chi connectivity index (χ4v) is 3.97. The number of carbonyl (C=O) groups excluding carboxylic acids is 2. The van der Waals surface area contributed by atoms with Gasteiger partial charge in [0.25, 0.3) is 0 Å². The molecule has 5 N–H and O–H groups in total. The lowest BCUT2D eigenvalue weighted by atomic mass is 9.82. The minimum atomic E-state index is -0.846. The summed E-state index contributed by atoms with van der Waals surface area (Å²) < 4.78 is 22.2. The number of nitrogens with one attached hydrogen (secondary N) is 2. The summed E-state index contributed by atoms with van der Waals surface area (Å²) in [6, 6.07) is 19.0. The third-order valence-corrected chi connectivity index (χ3v) is 5.92. The number of rotatable bonds is 10. The Morgan fingerprint density at radius 2 is 1.85 bits per heavy atom. The van der Waals surface area contributed by atoms with E-state index in [2.05, 4.69) is 10.6 Å². The van der Waals surface area contributed by atoms with Crippen LogP contribution in [0.3, 0.4) is 0 Å². The van der Waals surface area contributed by atoms with E-state index in [0.717, 1.165) is 0 Å². The second kappa shape index (κ2) is 12.2. The first kappa shape index (κ1) is 27.3. The maximum absolute atomic E-state index is 13.0. The molecule has 1 aliphatic rings. The minimum absolute atomic E-state index is 0.116. The van der Waals surface area contributed by atoms with Gasteiger partial charge in [-0.1, -0.05) is 44.2 Å². The predicted molar refractivity (Wildman–Crippen MR) is 147 cm³/mol. The number of ether oxygens (including phenoxy) is 4. The van der Waals surface area contributed by atoms with Crippen molar-refractivity contribution in [2.75, 3.05) is 36.4 Å². The van der Waals surface area contributed by atoms with Crippen LogP contribution in [0, 0.1) is 5.41 Å². The quantitative estimate of drug-likeness (QED) is 0.213. The van der Waals surface area contributed by atoms with Crippen molar-refractivity contribution in [3.05, 3.63) is 84.4 Å². The second-order valence-corrected chi connectivity index (χ2v) is 9.35. The van der Waals surface area contributed by atoms with Gasteiger partial charge in [-0.2, -0.15) is 0 Å². The van der Waals surface area contributed by atoms with E-state index in [4.69, 9.17) is 29.8 Å². The zero-order valence-electron chi connectivity index (χ0n) is 21.7. The van der Waals surface area contributed by atoms with E-state index in [-0.39, 0.29) is 25.9 Å². The van der Waals surface area contributed by atoms with Crippen LogP contribution in [-0.2, 0) is 9.53 Å². The molecule has 3 aromatic carbocycles. The highest BCUT2D eigenvalue weighted by atomic mass is 16.7. The van der Waals surface area contributed by atoms with Crippen molar-refractivity contribution in [1.82, 2.24) is 0 Å². The Balaban J connectivity index is 1.55. The van der Waals surface area contributed by atoms with Crippen molar-refractivity contribution in [2.24, 2.45) is 5.41 Å². The fourth-order valence-electron chi connectivity index (χ4n) is 3.97. The summed E-state index contributed by atoms with van der Waals surface area (Å²) >= 11 is 0. The summed E-state index contributed by atoms with van der Waals surface area (Å²) in [5.74, 6) is 1.23. The Kier molecular flexibility index (Phi) is 8.57. The van der Waals surface area contributed by atoms with Gasteiger partial charge in [-0.3, -0.25) is 10.1 Å². The summed E-state index contributed by atoms with van der Waals surface area (Å²) in [6.07, 6.45) is 1.52. The smallest absolute Gasteiger partial charge is 0.412 e. The zero-order chi connectivity index (χ0) is 27.8. The molecule has 0 saturated carbocycles. The standard InChI is InChI=1S/C29H31N3O7/c1-29(2,13-12-26(34)32-23-9-4-3-8-22(23)30)27(19-6-5-7-21(16-19)36-15-14-33)39-28(35)31-20-10-11-24-25(17-20)38-18-37-24/h3-13,16-17,27,33H,14-15,18,30H2,1-2H3,(H,31,35)(H,32,34)/b13-12+/t27-/m0/s1. The first-order valence-electron chi connectivity index (χ1n) is 12.3. The Hall–Kier alpha value is -4.70. The molecule has 0 unspecified atom stereocenters. The number of carbonyl (C=O) groups is 2. The van der Waals surface area contributed by atoms with E-state index < -0.39 is 17.6 Å². The molecule has 0 spiro atoms. The number of hydrogen-bond acceptors (Lipinski definition) is 8. The molecule has 39 heavy (non-hydrogen) atoms. The molecule has 2 amide bonds. The van der Waals surface area contributed by atoms with Crippen molar-refractivity contribution in [1.29, 1.82) is 0 Å². The van der Waals surface area contributed by atoms with Gasteiger partial charge in [0.15, 0.2) is 11.5 Å². The lowest BCUT2D eigenvalue weighted by Gasteiger charge is -2.32. The molecular formula is C29H31N3O7. The summed E-state index contributed by atoms with van der Waals surface area (Å²) in [5.41, 5.74) is 7.12. The molecule has 0 bridgehead atoms. The zero-order valence-corrected chi connectivity index (χ0v) is 21.7. The lowest BCUT2D eigenvalue weighted by molar-refractivity contribution is -0.112. The van der Waals surface area contributed by atoms with Gasteiger partial charge in [0, 0.05) is 17.2 Å². The molecular weight excluding hydrogens is 502 g/mol. The number of para-hydroxylation sites is 2. The number of nitrogens with two attached hydrogens (primary N) is 1. The number of fused-ring (bicyclic) bond motifs is 1.